The van der Waals surface area contributed by atoms with E-state index >= 15 is 0 Å². The maximum Gasteiger partial charge on any atom is 0.295 e. The fourth-order valence-corrected chi connectivity index (χ4v) is 5.56. The lowest BCUT2D eigenvalue weighted by molar-refractivity contribution is -0.127. The van der Waals surface area contributed by atoms with E-state index in [-0.39, 0.29) is 0 Å². The van der Waals surface area contributed by atoms with Crippen LogP contribution in [-0.2, 0) is 4.79 Å². The van der Waals surface area contributed by atoms with Crippen molar-refractivity contribution in [2.24, 2.45) is 0 Å². The molecule has 174 valence electrons. The second-order valence-corrected chi connectivity index (χ2v) is 11.6. The lowest BCUT2D eigenvalue weighted by atomic mass is 10.1. The number of anilines is 1. The first-order valence-corrected chi connectivity index (χ1v) is 12.5. The SMILES string of the molecule is Cc1ccc(/C=C2/SC(=O)N([C@H](N3CCN(c4ccc(C)cc4)CC3)C(Cl)(Cl)Cl)C2=O)cc1. The summed E-state index contributed by atoms with van der Waals surface area (Å²) in [6.45, 7) is 6.51. The number of aryl methyl sites for hydroxylation is 2. The summed E-state index contributed by atoms with van der Waals surface area (Å²) in [4.78, 5) is 31.7. The monoisotopic (exact) mass is 523 g/mol. The van der Waals surface area contributed by atoms with Crippen LogP contribution in [0.25, 0.3) is 6.08 Å². The van der Waals surface area contributed by atoms with E-state index in [4.69, 9.17) is 34.8 Å². The number of carbonyl (C=O) groups is 2. The summed E-state index contributed by atoms with van der Waals surface area (Å²) in [6, 6.07) is 16.0. The number of nitrogens with zero attached hydrogens (tertiary/aromatic N) is 3. The molecule has 2 amide bonds. The zero-order chi connectivity index (χ0) is 23.8. The summed E-state index contributed by atoms with van der Waals surface area (Å²) in [5, 5.41) is -0.435. The molecule has 5 nitrogen and oxygen atoms in total. The van der Waals surface area contributed by atoms with Crippen LogP contribution in [-0.4, -0.2) is 57.1 Å². The number of hydrogen-bond acceptors (Lipinski definition) is 5. The van der Waals surface area contributed by atoms with Crippen LogP contribution in [0, 0.1) is 13.8 Å². The summed E-state index contributed by atoms with van der Waals surface area (Å²) >= 11 is 19.9. The summed E-state index contributed by atoms with van der Waals surface area (Å²) in [5.41, 5.74) is 4.27. The van der Waals surface area contributed by atoms with Crippen molar-refractivity contribution in [3.05, 3.63) is 70.1 Å². The van der Waals surface area contributed by atoms with Gasteiger partial charge in [-0.25, -0.2) is 4.90 Å². The Balaban J connectivity index is 1.53. The van der Waals surface area contributed by atoms with Gasteiger partial charge in [-0.05, 0) is 49.4 Å². The van der Waals surface area contributed by atoms with Gasteiger partial charge >= 0.3 is 0 Å². The predicted octanol–water partition coefficient (Wildman–Crippen LogP) is 5.86. The van der Waals surface area contributed by atoms with Gasteiger partial charge in [0.15, 0.2) is 0 Å². The zero-order valence-corrected chi connectivity index (χ0v) is 21.4. The Morgan fingerprint density at radius 3 is 1.97 bits per heavy atom. The van der Waals surface area contributed by atoms with Gasteiger partial charge < -0.3 is 4.90 Å². The van der Waals surface area contributed by atoms with Gasteiger partial charge in [-0.15, -0.1) is 0 Å². The number of thioether (sulfide) groups is 1. The summed E-state index contributed by atoms with van der Waals surface area (Å²) < 4.78 is -1.85. The number of benzene rings is 2. The summed E-state index contributed by atoms with van der Waals surface area (Å²) in [5.74, 6) is -0.442. The van der Waals surface area contributed by atoms with Crippen molar-refractivity contribution in [3.63, 3.8) is 0 Å². The van der Waals surface area contributed by atoms with Crippen LogP contribution in [0.5, 0.6) is 0 Å². The standard InChI is InChI=1S/C24H24Cl3N3O2S/c1-16-3-7-18(8-4-16)15-20-21(31)30(23(32)33-20)22(24(25,26)27)29-13-11-28(12-14-29)19-9-5-17(2)6-10-19/h3-10,15,22H,11-14H2,1-2H3/b20-15+/t22-/m0/s1. The van der Waals surface area contributed by atoms with Crippen LogP contribution in [0.4, 0.5) is 10.5 Å². The quantitative estimate of drug-likeness (QED) is 0.370. The number of rotatable bonds is 4. The summed E-state index contributed by atoms with van der Waals surface area (Å²) in [6.07, 6.45) is 0.717. The smallest absolute Gasteiger partial charge is 0.295 e. The minimum absolute atomic E-state index is 0.321. The lowest BCUT2D eigenvalue weighted by Gasteiger charge is -2.44. The molecule has 2 fully saturated rings. The molecular formula is C24H24Cl3N3O2S. The number of imide groups is 1. The molecule has 2 aliphatic rings. The third kappa shape index (κ3) is 5.52. The van der Waals surface area contributed by atoms with E-state index in [1.807, 2.05) is 36.1 Å². The Labute approximate surface area is 213 Å². The highest BCUT2D eigenvalue weighted by atomic mass is 35.6. The van der Waals surface area contributed by atoms with E-state index in [9.17, 15) is 9.59 Å². The molecule has 0 N–H and O–H groups in total. The molecule has 0 aromatic heterocycles. The lowest BCUT2D eigenvalue weighted by Crippen LogP contribution is -2.61. The van der Waals surface area contributed by atoms with Crippen molar-refractivity contribution < 1.29 is 9.59 Å². The number of amides is 2. The second-order valence-electron chi connectivity index (χ2n) is 8.24. The molecule has 2 aromatic rings. The van der Waals surface area contributed by atoms with E-state index in [0.717, 1.165) is 33.5 Å². The van der Waals surface area contributed by atoms with Crippen LogP contribution >= 0.6 is 46.6 Å². The number of piperazine rings is 1. The fourth-order valence-electron chi connectivity index (χ4n) is 4.00. The van der Waals surface area contributed by atoms with E-state index in [2.05, 4.69) is 36.1 Å². The molecule has 33 heavy (non-hydrogen) atoms. The van der Waals surface area contributed by atoms with Gasteiger partial charge in [-0.1, -0.05) is 82.3 Å². The highest BCUT2D eigenvalue weighted by Gasteiger charge is 2.51. The topological polar surface area (TPSA) is 43.9 Å². The minimum Gasteiger partial charge on any atom is -0.369 e. The first-order chi connectivity index (χ1) is 15.6. The molecular weight excluding hydrogens is 501 g/mol. The Bertz CT molecular complexity index is 1060. The van der Waals surface area contributed by atoms with Gasteiger partial charge in [0, 0.05) is 31.9 Å². The molecule has 9 heteroatoms. The molecule has 1 atom stereocenters. The third-order valence-corrected chi connectivity index (χ3v) is 7.26. The Morgan fingerprint density at radius 1 is 0.879 bits per heavy atom. The van der Waals surface area contributed by atoms with Crippen molar-refractivity contribution in [2.75, 3.05) is 31.1 Å². The Hall–Kier alpha value is -1.70. The Kier molecular flexibility index (Phi) is 7.32. The molecule has 0 radical (unpaired) electrons. The average Bonchev–Trinajstić information content (AvgIpc) is 3.03. The maximum atomic E-state index is 13.2. The van der Waals surface area contributed by atoms with Gasteiger partial charge in [0.25, 0.3) is 11.1 Å². The van der Waals surface area contributed by atoms with Crippen molar-refractivity contribution in [2.45, 2.75) is 23.8 Å². The largest absolute Gasteiger partial charge is 0.369 e. The van der Waals surface area contributed by atoms with E-state index in [1.54, 1.807) is 6.08 Å². The second kappa shape index (κ2) is 9.88. The van der Waals surface area contributed by atoms with Crippen LogP contribution < -0.4 is 4.90 Å². The number of alkyl halides is 3. The van der Waals surface area contributed by atoms with Crippen molar-refractivity contribution >= 4 is 69.5 Å². The van der Waals surface area contributed by atoms with Crippen LogP contribution in [0.2, 0.25) is 0 Å². The third-order valence-electron chi connectivity index (χ3n) is 5.80. The highest BCUT2D eigenvalue weighted by molar-refractivity contribution is 8.18. The minimum atomic E-state index is -1.85. The first-order valence-electron chi connectivity index (χ1n) is 10.6. The molecule has 0 unspecified atom stereocenters. The van der Waals surface area contributed by atoms with Crippen molar-refractivity contribution in [3.8, 4) is 0 Å². The number of carbonyl (C=O) groups excluding carboxylic acids is 2. The van der Waals surface area contributed by atoms with Crippen molar-refractivity contribution in [1.82, 2.24) is 9.80 Å². The molecule has 4 rings (SSSR count). The molecule has 0 saturated carbocycles. The molecule has 2 saturated heterocycles. The van der Waals surface area contributed by atoms with E-state index in [0.29, 0.717) is 31.1 Å². The van der Waals surface area contributed by atoms with Crippen LogP contribution in [0.1, 0.15) is 16.7 Å². The fraction of sp³-hybridized carbons (Fsp3) is 0.333. The van der Waals surface area contributed by atoms with Crippen LogP contribution in [0.3, 0.4) is 0 Å². The molecule has 0 spiro atoms. The van der Waals surface area contributed by atoms with E-state index < -0.39 is 21.1 Å². The zero-order valence-electron chi connectivity index (χ0n) is 18.3. The molecule has 2 heterocycles. The highest BCUT2D eigenvalue weighted by Crippen LogP contribution is 2.42. The van der Waals surface area contributed by atoms with E-state index in [1.165, 1.54) is 5.56 Å². The first kappa shape index (κ1) is 24.4. The van der Waals surface area contributed by atoms with Gasteiger partial charge in [0.2, 0.25) is 3.79 Å². The van der Waals surface area contributed by atoms with Gasteiger partial charge in [0.1, 0.15) is 6.17 Å². The normalized spacial score (nSPS) is 20.1. The van der Waals surface area contributed by atoms with Crippen LogP contribution in [0.15, 0.2) is 53.4 Å². The van der Waals surface area contributed by atoms with Gasteiger partial charge in [-0.2, -0.15) is 0 Å². The summed E-state index contributed by atoms with van der Waals surface area (Å²) in [7, 11) is 0. The molecule has 0 aliphatic carbocycles. The number of halogens is 3. The van der Waals surface area contributed by atoms with Gasteiger partial charge in [-0.3, -0.25) is 14.5 Å². The maximum absolute atomic E-state index is 13.2. The Morgan fingerprint density at radius 2 is 1.42 bits per heavy atom. The molecule has 0 bridgehead atoms. The molecule has 2 aromatic carbocycles. The average molecular weight is 525 g/mol. The number of hydrogen-bond donors (Lipinski definition) is 0. The molecule has 2 aliphatic heterocycles. The predicted molar refractivity (Wildman–Crippen MR) is 138 cm³/mol. The van der Waals surface area contributed by atoms with Crippen molar-refractivity contribution in [1.29, 1.82) is 0 Å². The van der Waals surface area contributed by atoms with Gasteiger partial charge in [0.05, 0.1) is 4.91 Å².